The highest BCUT2D eigenvalue weighted by Gasteiger charge is 2.37. The number of ketones is 1. The topological polar surface area (TPSA) is 63.7 Å². The summed E-state index contributed by atoms with van der Waals surface area (Å²) in [6.45, 7) is 5.83. The summed E-state index contributed by atoms with van der Waals surface area (Å²) in [4.78, 5) is 38.9. The highest BCUT2D eigenvalue weighted by Crippen LogP contribution is 2.29. The smallest absolute Gasteiger partial charge is 0.311 e. The lowest BCUT2D eigenvalue weighted by atomic mass is 10.0. The fourth-order valence-electron chi connectivity index (χ4n) is 3.63. The van der Waals surface area contributed by atoms with Crippen LogP contribution >= 0.6 is 0 Å². The Bertz CT molecular complexity index is 919. The minimum absolute atomic E-state index is 0.0939. The second kappa shape index (κ2) is 8.38. The molecule has 5 nitrogen and oxygen atoms in total. The summed E-state index contributed by atoms with van der Waals surface area (Å²) in [6, 6.07) is 13.2. The van der Waals surface area contributed by atoms with Crippen LogP contribution in [0.5, 0.6) is 0 Å². The van der Waals surface area contributed by atoms with Gasteiger partial charge in [-0.1, -0.05) is 48.9 Å². The van der Waals surface area contributed by atoms with Crippen LogP contribution in [0, 0.1) is 19.8 Å². The maximum Gasteiger partial charge on any atom is 0.311 e. The summed E-state index contributed by atoms with van der Waals surface area (Å²) in [7, 11) is 0. The molecule has 0 spiro atoms. The van der Waals surface area contributed by atoms with Crippen LogP contribution in [0.3, 0.4) is 0 Å². The minimum atomic E-state index is -0.552. The Hall–Kier alpha value is -2.95. The van der Waals surface area contributed by atoms with E-state index < -0.39 is 11.9 Å². The molecule has 0 unspecified atom stereocenters. The first-order valence-corrected chi connectivity index (χ1v) is 9.56. The molecule has 0 aromatic heterocycles. The van der Waals surface area contributed by atoms with Gasteiger partial charge in [0.2, 0.25) is 11.7 Å². The van der Waals surface area contributed by atoms with Crippen LogP contribution in [-0.4, -0.2) is 30.8 Å². The van der Waals surface area contributed by atoms with Gasteiger partial charge in [-0.2, -0.15) is 0 Å². The van der Waals surface area contributed by atoms with E-state index in [1.165, 1.54) is 0 Å². The molecule has 5 heteroatoms. The third kappa shape index (κ3) is 4.14. The minimum Gasteiger partial charge on any atom is -0.457 e. The van der Waals surface area contributed by atoms with Crippen molar-refractivity contribution < 1.29 is 19.1 Å². The molecule has 0 bridgehead atoms. The van der Waals surface area contributed by atoms with Crippen molar-refractivity contribution >= 4 is 23.3 Å². The van der Waals surface area contributed by atoms with Crippen molar-refractivity contribution in [3.8, 4) is 0 Å². The lowest BCUT2D eigenvalue weighted by Crippen LogP contribution is -2.28. The number of anilines is 1. The number of nitrogens with zero attached hydrogens (tertiary/aromatic N) is 1. The van der Waals surface area contributed by atoms with Gasteiger partial charge >= 0.3 is 5.97 Å². The molecule has 0 aliphatic carbocycles. The number of rotatable bonds is 6. The van der Waals surface area contributed by atoms with Crippen LogP contribution in [0.2, 0.25) is 0 Å². The number of carbonyl (C=O) groups excluding carboxylic acids is 3. The predicted octanol–water partition coefficient (Wildman–Crippen LogP) is 3.64. The van der Waals surface area contributed by atoms with Crippen LogP contribution in [0.1, 0.15) is 40.4 Å². The van der Waals surface area contributed by atoms with Crippen LogP contribution in [0.15, 0.2) is 42.5 Å². The number of Topliss-reactive ketones (excluding diaryl/α,β-unsaturated/α-hetero) is 1. The molecule has 0 saturated carbocycles. The van der Waals surface area contributed by atoms with Crippen LogP contribution in [0.4, 0.5) is 5.69 Å². The van der Waals surface area contributed by atoms with E-state index in [4.69, 9.17) is 4.74 Å². The second-order valence-electron chi connectivity index (χ2n) is 7.24. The van der Waals surface area contributed by atoms with Crippen molar-refractivity contribution in [1.29, 1.82) is 0 Å². The fraction of sp³-hybridized carbons (Fsp3) is 0.348. The van der Waals surface area contributed by atoms with E-state index in [1.807, 2.05) is 57.2 Å². The third-order valence-electron chi connectivity index (χ3n) is 5.15. The maximum absolute atomic E-state index is 12.4. The maximum atomic E-state index is 12.4. The van der Waals surface area contributed by atoms with E-state index >= 15 is 0 Å². The normalized spacial score (nSPS) is 16.3. The molecule has 3 rings (SSSR count). The van der Waals surface area contributed by atoms with Crippen molar-refractivity contribution in [2.24, 2.45) is 5.92 Å². The molecular formula is C23H25NO4. The van der Waals surface area contributed by atoms with Gasteiger partial charge in [0.05, 0.1) is 5.92 Å². The molecule has 0 radical (unpaired) electrons. The Morgan fingerprint density at radius 3 is 2.61 bits per heavy atom. The van der Waals surface area contributed by atoms with Gasteiger partial charge in [0.1, 0.15) is 0 Å². The molecular weight excluding hydrogens is 354 g/mol. The van der Waals surface area contributed by atoms with Crippen LogP contribution in [0.25, 0.3) is 0 Å². The van der Waals surface area contributed by atoms with Crippen molar-refractivity contribution in [1.82, 2.24) is 0 Å². The first-order valence-electron chi connectivity index (χ1n) is 9.56. The zero-order chi connectivity index (χ0) is 20.3. The lowest BCUT2D eigenvalue weighted by molar-refractivity contribution is -0.147. The highest BCUT2D eigenvalue weighted by molar-refractivity contribution is 6.01. The fourth-order valence-corrected chi connectivity index (χ4v) is 3.63. The number of aryl methyl sites for hydroxylation is 3. The summed E-state index contributed by atoms with van der Waals surface area (Å²) in [6.07, 6.45) is 0.911. The number of ether oxygens (including phenoxy) is 1. The molecule has 1 atom stereocenters. The van der Waals surface area contributed by atoms with Crippen molar-refractivity contribution in [2.45, 2.75) is 33.6 Å². The van der Waals surface area contributed by atoms with Crippen LogP contribution in [-0.2, 0) is 20.7 Å². The van der Waals surface area contributed by atoms with Gasteiger partial charge < -0.3 is 9.64 Å². The number of amides is 1. The van der Waals surface area contributed by atoms with E-state index in [0.717, 1.165) is 28.8 Å². The average molecular weight is 379 g/mol. The van der Waals surface area contributed by atoms with Gasteiger partial charge in [-0.05, 0) is 37.5 Å². The average Bonchev–Trinajstić information content (AvgIpc) is 3.07. The van der Waals surface area contributed by atoms with Crippen molar-refractivity contribution in [3.63, 3.8) is 0 Å². The molecule has 146 valence electrons. The Kier molecular flexibility index (Phi) is 5.93. The number of esters is 1. The summed E-state index contributed by atoms with van der Waals surface area (Å²) in [5.41, 5.74) is 4.40. The van der Waals surface area contributed by atoms with Gasteiger partial charge in [0.15, 0.2) is 6.61 Å². The number of hydrogen-bond donors (Lipinski definition) is 0. The lowest BCUT2D eigenvalue weighted by Gasteiger charge is -2.19. The Balaban J connectivity index is 1.62. The van der Waals surface area contributed by atoms with Crippen molar-refractivity contribution in [3.05, 3.63) is 64.7 Å². The van der Waals surface area contributed by atoms with Crippen LogP contribution < -0.4 is 4.90 Å². The van der Waals surface area contributed by atoms with Gasteiger partial charge in [-0.3, -0.25) is 14.4 Å². The zero-order valence-electron chi connectivity index (χ0n) is 16.5. The third-order valence-corrected chi connectivity index (χ3v) is 5.15. The second-order valence-corrected chi connectivity index (χ2v) is 7.24. The van der Waals surface area contributed by atoms with E-state index in [2.05, 4.69) is 0 Å². The Morgan fingerprint density at radius 1 is 1.14 bits per heavy atom. The standard InChI is InChI=1S/C23H25NO4/c1-4-17-7-5-6-8-20(17)24-13-18(12-22(24)26)23(27)28-14-21(25)19-10-9-15(2)11-16(19)3/h5-11,18H,4,12-14H2,1-3H3/t18-/m1/s1. The molecule has 1 aliphatic heterocycles. The first kappa shape index (κ1) is 19.8. The summed E-state index contributed by atoms with van der Waals surface area (Å²) < 4.78 is 5.25. The Morgan fingerprint density at radius 2 is 1.89 bits per heavy atom. The number of para-hydroxylation sites is 1. The largest absolute Gasteiger partial charge is 0.457 e. The Labute approximate surface area is 165 Å². The van der Waals surface area contributed by atoms with Gasteiger partial charge in [-0.25, -0.2) is 0 Å². The number of carbonyl (C=O) groups is 3. The number of hydrogen-bond acceptors (Lipinski definition) is 4. The first-order chi connectivity index (χ1) is 13.4. The van der Waals surface area contributed by atoms with Gasteiger partial charge in [0, 0.05) is 24.2 Å². The summed E-state index contributed by atoms with van der Waals surface area (Å²) in [5, 5.41) is 0. The van der Waals surface area contributed by atoms with Crippen molar-refractivity contribution in [2.75, 3.05) is 18.1 Å². The molecule has 1 heterocycles. The molecule has 2 aromatic carbocycles. The van der Waals surface area contributed by atoms with E-state index in [9.17, 15) is 14.4 Å². The molecule has 1 aliphatic rings. The predicted molar refractivity (Wildman–Crippen MR) is 107 cm³/mol. The SMILES string of the molecule is CCc1ccccc1N1C[C@H](C(=O)OCC(=O)c2ccc(C)cc2C)CC1=O. The summed E-state index contributed by atoms with van der Waals surface area (Å²) in [5.74, 6) is -1.38. The van der Waals surface area contributed by atoms with Gasteiger partial charge in [-0.15, -0.1) is 0 Å². The van der Waals surface area contributed by atoms with Gasteiger partial charge in [0.25, 0.3) is 0 Å². The molecule has 28 heavy (non-hydrogen) atoms. The quantitative estimate of drug-likeness (QED) is 0.568. The highest BCUT2D eigenvalue weighted by atomic mass is 16.5. The van der Waals surface area contributed by atoms with E-state index in [0.29, 0.717) is 5.56 Å². The molecule has 1 saturated heterocycles. The van der Waals surface area contributed by atoms with E-state index in [1.54, 1.807) is 11.0 Å². The monoisotopic (exact) mass is 379 g/mol. The molecule has 0 N–H and O–H groups in total. The molecule has 1 amide bonds. The number of benzene rings is 2. The molecule has 2 aromatic rings. The zero-order valence-corrected chi connectivity index (χ0v) is 16.5. The van der Waals surface area contributed by atoms with E-state index in [-0.39, 0.29) is 31.3 Å². The summed E-state index contributed by atoms with van der Waals surface area (Å²) >= 11 is 0. The molecule has 1 fully saturated rings.